The fourth-order valence-corrected chi connectivity index (χ4v) is 2.14. The van der Waals surface area contributed by atoms with Gasteiger partial charge >= 0.3 is 0 Å². The van der Waals surface area contributed by atoms with Gasteiger partial charge in [-0.15, -0.1) is 0 Å². The topological polar surface area (TPSA) is 35.5 Å². The third-order valence-corrected chi connectivity index (χ3v) is 3.07. The Morgan fingerprint density at radius 2 is 1.76 bits per heavy atom. The quantitative estimate of drug-likeness (QED) is 0.548. The molecular formula is C13H17O3P. The van der Waals surface area contributed by atoms with Crippen LogP contribution in [0.3, 0.4) is 0 Å². The maximum absolute atomic E-state index is 11.4. The minimum atomic E-state index is -1.27. The zero-order chi connectivity index (χ0) is 12.7. The van der Waals surface area contributed by atoms with Gasteiger partial charge in [0.05, 0.1) is 0 Å². The molecule has 0 aliphatic heterocycles. The molecule has 0 saturated heterocycles. The van der Waals surface area contributed by atoms with Crippen molar-refractivity contribution in [3.8, 4) is 0 Å². The van der Waals surface area contributed by atoms with Crippen molar-refractivity contribution in [3.63, 3.8) is 0 Å². The number of benzene rings is 1. The van der Waals surface area contributed by atoms with E-state index in [1.807, 2.05) is 44.2 Å². The third kappa shape index (κ3) is 3.22. The summed E-state index contributed by atoms with van der Waals surface area (Å²) in [7, 11) is -0.240. The first-order valence-electron chi connectivity index (χ1n) is 5.57. The van der Waals surface area contributed by atoms with Gasteiger partial charge < -0.3 is 9.47 Å². The van der Waals surface area contributed by atoms with Crippen molar-refractivity contribution in [2.45, 2.75) is 19.4 Å². The molecule has 0 aromatic heterocycles. The van der Waals surface area contributed by atoms with Crippen molar-refractivity contribution in [3.05, 3.63) is 42.5 Å². The molecule has 3 nitrogen and oxygen atoms in total. The summed E-state index contributed by atoms with van der Waals surface area (Å²) < 4.78 is 22.4. The molecule has 0 aliphatic rings. The molecule has 0 radical (unpaired) electrons. The number of ether oxygens (including phenoxy) is 2. The van der Waals surface area contributed by atoms with Crippen molar-refractivity contribution in [2.24, 2.45) is 0 Å². The zero-order valence-corrected chi connectivity index (χ0v) is 11.1. The van der Waals surface area contributed by atoms with Crippen LogP contribution in [-0.2, 0) is 14.0 Å². The highest BCUT2D eigenvalue weighted by Gasteiger charge is 2.37. The van der Waals surface area contributed by atoms with E-state index in [1.165, 1.54) is 0 Å². The van der Waals surface area contributed by atoms with E-state index < -0.39 is 5.53 Å². The zero-order valence-electron chi connectivity index (χ0n) is 10.2. The largest absolute Gasteiger partial charge is 0.337 e. The summed E-state index contributed by atoms with van der Waals surface area (Å²) in [5, 5.41) is 0. The standard InChI is InChI=1S/C13H17O3P/c1-4-15-13(17-14,16-5-2)11(3)12-9-7-6-8-10-12/h6-10H,3-5H2,1-2H3. The molecule has 0 amide bonds. The van der Waals surface area contributed by atoms with Gasteiger partial charge in [-0.25, -0.2) is 0 Å². The van der Waals surface area contributed by atoms with Crippen LogP contribution >= 0.6 is 8.46 Å². The van der Waals surface area contributed by atoms with Crippen LogP contribution in [0.4, 0.5) is 0 Å². The van der Waals surface area contributed by atoms with Crippen LogP contribution in [0.2, 0.25) is 0 Å². The highest BCUT2D eigenvalue weighted by molar-refractivity contribution is 7.26. The lowest BCUT2D eigenvalue weighted by atomic mass is 10.1. The predicted octanol–water partition coefficient (Wildman–Crippen LogP) is 3.72. The molecule has 0 bridgehead atoms. The summed E-state index contributed by atoms with van der Waals surface area (Å²) in [6.45, 7) is 8.42. The van der Waals surface area contributed by atoms with Crippen molar-refractivity contribution >= 4 is 14.0 Å². The lowest BCUT2D eigenvalue weighted by Crippen LogP contribution is -2.31. The van der Waals surface area contributed by atoms with Gasteiger partial charge in [0, 0.05) is 18.8 Å². The van der Waals surface area contributed by atoms with E-state index in [4.69, 9.17) is 9.47 Å². The lowest BCUT2D eigenvalue weighted by Gasteiger charge is -2.28. The van der Waals surface area contributed by atoms with E-state index in [0.717, 1.165) is 5.56 Å². The van der Waals surface area contributed by atoms with Crippen LogP contribution in [0.15, 0.2) is 36.9 Å². The van der Waals surface area contributed by atoms with Crippen molar-refractivity contribution < 1.29 is 14.0 Å². The first-order chi connectivity index (χ1) is 8.20. The summed E-state index contributed by atoms with van der Waals surface area (Å²) in [6, 6.07) is 9.48. The van der Waals surface area contributed by atoms with Crippen LogP contribution in [0.5, 0.6) is 0 Å². The maximum atomic E-state index is 11.4. The van der Waals surface area contributed by atoms with Crippen molar-refractivity contribution in [1.82, 2.24) is 0 Å². The first-order valence-corrected chi connectivity index (χ1v) is 6.38. The van der Waals surface area contributed by atoms with Crippen molar-refractivity contribution in [2.75, 3.05) is 13.2 Å². The minimum absolute atomic E-state index is 0.240. The monoisotopic (exact) mass is 252 g/mol. The van der Waals surface area contributed by atoms with E-state index in [0.29, 0.717) is 18.8 Å². The van der Waals surface area contributed by atoms with Gasteiger partial charge in [-0.3, -0.25) is 4.57 Å². The van der Waals surface area contributed by atoms with Crippen molar-refractivity contribution in [1.29, 1.82) is 0 Å². The molecule has 4 heteroatoms. The highest BCUT2D eigenvalue weighted by Crippen LogP contribution is 2.39. The summed E-state index contributed by atoms with van der Waals surface area (Å²) in [5.74, 6) is 0. The molecule has 17 heavy (non-hydrogen) atoms. The second kappa shape index (κ2) is 6.65. The molecular weight excluding hydrogens is 235 g/mol. The van der Waals surface area contributed by atoms with Crippen LogP contribution in [0.1, 0.15) is 19.4 Å². The normalized spacial score (nSPS) is 11.6. The van der Waals surface area contributed by atoms with Gasteiger partial charge in [-0.1, -0.05) is 36.9 Å². The fraction of sp³-hybridized carbons (Fsp3) is 0.385. The summed E-state index contributed by atoms with van der Waals surface area (Å²) in [5.41, 5.74) is 0.154. The number of hydrogen-bond acceptors (Lipinski definition) is 3. The molecule has 0 saturated carbocycles. The van der Waals surface area contributed by atoms with E-state index >= 15 is 0 Å². The van der Waals surface area contributed by atoms with Crippen LogP contribution in [0, 0.1) is 0 Å². The molecule has 0 atom stereocenters. The van der Waals surface area contributed by atoms with E-state index in [1.54, 1.807) is 0 Å². The number of hydrogen-bond donors (Lipinski definition) is 0. The molecule has 0 spiro atoms. The molecule has 1 aromatic rings. The molecule has 0 fully saturated rings. The molecule has 1 rings (SSSR count). The van der Waals surface area contributed by atoms with Gasteiger partial charge in [0.1, 0.15) is 0 Å². The SMILES string of the molecule is C=C(c1ccccc1)C(OCC)(OCC)P=O. The Hall–Kier alpha value is -1.02. The molecule has 92 valence electrons. The van der Waals surface area contributed by atoms with E-state index in [2.05, 4.69) is 6.58 Å². The molecule has 0 N–H and O–H groups in total. The Morgan fingerprint density at radius 3 is 2.18 bits per heavy atom. The Kier molecular flexibility index (Phi) is 5.49. The molecule has 0 unspecified atom stereocenters. The van der Waals surface area contributed by atoms with Gasteiger partial charge in [0.2, 0.25) is 8.46 Å². The maximum Gasteiger partial charge on any atom is 0.278 e. The van der Waals surface area contributed by atoms with Gasteiger partial charge in [0.25, 0.3) is 5.53 Å². The first kappa shape index (κ1) is 14.0. The van der Waals surface area contributed by atoms with Gasteiger partial charge in [-0.05, 0) is 19.4 Å². The fourth-order valence-electron chi connectivity index (χ4n) is 1.54. The van der Waals surface area contributed by atoms with Gasteiger partial charge in [-0.2, -0.15) is 0 Å². The minimum Gasteiger partial charge on any atom is -0.337 e. The molecule has 0 aliphatic carbocycles. The Morgan fingerprint density at radius 1 is 1.24 bits per heavy atom. The van der Waals surface area contributed by atoms with E-state index in [-0.39, 0.29) is 8.46 Å². The van der Waals surface area contributed by atoms with Crippen LogP contribution < -0.4 is 0 Å². The average Bonchev–Trinajstić information content (AvgIpc) is 2.38. The Bertz CT molecular complexity index is 370. The number of rotatable bonds is 7. The smallest absolute Gasteiger partial charge is 0.278 e. The average molecular weight is 252 g/mol. The van der Waals surface area contributed by atoms with E-state index in [9.17, 15) is 4.57 Å². The second-order valence-electron chi connectivity index (χ2n) is 3.38. The van der Waals surface area contributed by atoms with Gasteiger partial charge in [0.15, 0.2) is 0 Å². The summed E-state index contributed by atoms with van der Waals surface area (Å²) in [6.07, 6.45) is 0. The Balaban J connectivity index is 3.05. The second-order valence-corrected chi connectivity index (χ2v) is 4.16. The lowest BCUT2D eigenvalue weighted by molar-refractivity contribution is -0.128. The summed E-state index contributed by atoms with van der Waals surface area (Å²) in [4.78, 5) is 0. The molecule has 0 heterocycles. The summed E-state index contributed by atoms with van der Waals surface area (Å²) >= 11 is 0. The van der Waals surface area contributed by atoms with Crippen LogP contribution in [0.25, 0.3) is 5.57 Å². The molecule has 1 aromatic carbocycles. The predicted molar refractivity (Wildman–Crippen MR) is 69.1 cm³/mol. The highest BCUT2D eigenvalue weighted by atomic mass is 31.1. The van der Waals surface area contributed by atoms with Crippen LogP contribution in [-0.4, -0.2) is 18.7 Å². The Labute approximate surface area is 104 Å². The third-order valence-electron chi connectivity index (χ3n) is 2.30.